The molecule has 5 nitrogen and oxygen atoms in total. The minimum absolute atomic E-state index is 0.355. The first-order chi connectivity index (χ1) is 11.4. The number of rotatable bonds is 5. The second kappa shape index (κ2) is 6.49. The van der Waals surface area contributed by atoms with E-state index in [4.69, 9.17) is 5.73 Å². The fraction of sp³-hybridized carbons (Fsp3) is 0.167. The third-order valence-electron chi connectivity index (χ3n) is 3.83. The first kappa shape index (κ1) is 16.3. The van der Waals surface area contributed by atoms with Crippen molar-refractivity contribution >= 4 is 15.5 Å². The zero-order valence-electron chi connectivity index (χ0n) is 13.4. The van der Waals surface area contributed by atoms with Crippen LogP contribution < -0.4 is 5.73 Å². The highest BCUT2D eigenvalue weighted by Gasteiger charge is 2.14. The Labute approximate surface area is 141 Å². The van der Waals surface area contributed by atoms with E-state index in [1.165, 1.54) is 6.26 Å². The molecule has 0 bridgehead atoms. The highest BCUT2D eigenvalue weighted by atomic mass is 32.2. The summed E-state index contributed by atoms with van der Waals surface area (Å²) in [5, 5.41) is 0. The molecule has 2 N–H and O–H groups in total. The second-order valence-corrected chi connectivity index (χ2v) is 7.76. The molecule has 2 aromatic carbocycles. The molecule has 0 aliphatic carbocycles. The number of anilines is 1. The van der Waals surface area contributed by atoms with Gasteiger partial charge in [0.1, 0.15) is 5.82 Å². The molecule has 3 rings (SSSR count). The van der Waals surface area contributed by atoms with E-state index in [1.807, 2.05) is 47.2 Å². The number of benzene rings is 2. The van der Waals surface area contributed by atoms with Crippen molar-refractivity contribution in [2.45, 2.75) is 17.9 Å². The maximum absolute atomic E-state index is 12.0. The van der Waals surface area contributed by atoms with Gasteiger partial charge in [-0.15, -0.1) is 0 Å². The minimum Gasteiger partial charge on any atom is -0.399 e. The predicted molar refractivity (Wildman–Crippen MR) is 94.5 cm³/mol. The lowest BCUT2D eigenvalue weighted by Gasteiger charge is -2.11. The third kappa shape index (κ3) is 3.65. The molecule has 0 spiro atoms. The van der Waals surface area contributed by atoms with Crippen molar-refractivity contribution in [3.63, 3.8) is 0 Å². The molecule has 0 amide bonds. The van der Waals surface area contributed by atoms with Crippen LogP contribution in [0.2, 0.25) is 0 Å². The summed E-state index contributed by atoms with van der Waals surface area (Å²) >= 11 is 0. The molecule has 24 heavy (non-hydrogen) atoms. The Bertz CT molecular complexity index is 962. The lowest BCUT2D eigenvalue weighted by atomic mass is 10.1. The van der Waals surface area contributed by atoms with Gasteiger partial charge in [0.15, 0.2) is 9.84 Å². The average Bonchev–Trinajstić information content (AvgIpc) is 2.94. The van der Waals surface area contributed by atoms with E-state index in [0.29, 0.717) is 23.5 Å². The van der Waals surface area contributed by atoms with E-state index in [0.717, 1.165) is 17.0 Å². The van der Waals surface area contributed by atoms with Gasteiger partial charge in [0, 0.05) is 30.8 Å². The predicted octanol–water partition coefficient (Wildman–Crippen LogP) is 2.51. The van der Waals surface area contributed by atoms with Crippen molar-refractivity contribution in [2.75, 3.05) is 12.0 Å². The summed E-state index contributed by atoms with van der Waals surface area (Å²) in [7, 11) is -3.26. The summed E-state index contributed by atoms with van der Waals surface area (Å²) in [4.78, 5) is 4.76. The fourth-order valence-electron chi connectivity index (χ4n) is 2.72. The highest BCUT2D eigenvalue weighted by molar-refractivity contribution is 7.90. The van der Waals surface area contributed by atoms with E-state index in [2.05, 4.69) is 4.98 Å². The van der Waals surface area contributed by atoms with Gasteiger partial charge in [-0.25, -0.2) is 13.4 Å². The Morgan fingerprint density at radius 3 is 2.67 bits per heavy atom. The lowest BCUT2D eigenvalue weighted by molar-refractivity contribution is 0.599. The largest absolute Gasteiger partial charge is 0.399 e. The molecule has 0 saturated heterocycles. The first-order valence-corrected chi connectivity index (χ1v) is 9.45. The average molecular weight is 341 g/mol. The summed E-state index contributed by atoms with van der Waals surface area (Å²) in [6, 6.07) is 14.7. The molecule has 3 aromatic rings. The maximum Gasteiger partial charge on any atom is 0.175 e. The van der Waals surface area contributed by atoms with Crippen molar-refractivity contribution < 1.29 is 8.42 Å². The van der Waals surface area contributed by atoms with Crippen LogP contribution in [0, 0.1) is 0 Å². The zero-order chi connectivity index (χ0) is 17.2. The van der Waals surface area contributed by atoms with E-state index < -0.39 is 9.84 Å². The van der Waals surface area contributed by atoms with Crippen molar-refractivity contribution in [3.05, 3.63) is 77.9 Å². The van der Waals surface area contributed by atoms with Gasteiger partial charge in [-0.1, -0.05) is 30.3 Å². The standard InChI is InChI=1S/C18H19N3O2S/c1-24(22,23)17-8-3-2-6-15(17)13-21-10-9-20-18(21)12-14-5-4-7-16(19)11-14/h2-11H,12-13,19H2,1H3. The summed E-state index contributed by atoms with van der Waals surface area (Å²) in [5.41, 5.74) is 8.36. The Morgan fingerprint density at radius 2 is 1.92 bits per heavy atom. The van der Waals surface area contributed by atoms with Gasteiger partial charge in [-0.05, 0) is 29.3 Å². The molecule has 1 heterocycles. The summed E-state index contributed by atoms with van der Waals surface area (Å²) in [6.45, 7) is 0.459. The Kier molecular flexibility index (Phi) is 4.40. The molecule has 0 radical (unpaired) electrons. The number of hydrogen-bond acceptors (Lipinski definition) is 4. The quantitative estimate of drug-likeness (QED) is 0.723. The van der Waals surface area contributed by atoms with Crippen LogP contribution in [0.4, 0.5) is 5.69 Å². The summed E-state index contributed by atoms with van der Waals surface area (Å²) in [6.07, 6.45) is 5.46. The monoisotopic (exact) mass is 341 g/mol. The Hall–Kier alpha value is -2.60. The minimum atomic E-state index is -3.26. The van der Waals surface area contributed by atoms with E-state index in [-0.39, 0.29) is 0 Å². The van der Waals surface area contributed by atoms with Gasteiger partial charge in [0.25, 0.3) is 0 Å². The van der Waals surface area contributed by atoms with Gasteiger partial charge in [0.05, 0.1) is 11.4 Å². The zero-order valence-corrected chi connectivity index (χ0v) is 14.2. The molecule has 0 fully saturated rings. The molecule has 0 aliphatic rings. The third-order valence-corrected chi connectivity index (χ3v) is 5.02. The van der Waals surface area contributed by atoms with E-state index in [9.17, 15) is 8.42 Å². The highest BCUT2D eigenvalue weighted by Crippen LogP contribution is 2.18. The maximum atomic E-state index is 12.0. The van der Waals surface area contributed by atoms with Crippen LogP contribution in [0.1, 0.15) is 17.0 Å². The Morgan fingerprint density at radius 1 is 1.12 bits per heavy atom. The number of aromatic nitrogens is 2. The molecule has 0 saturated carbocycles. The molecular weight excluding hydrogens is 322 g/mol. The molecule has 1 aromatic heterocycles. The van der Waals surface area contributed by atoms with Crippen LogP contribution in [0.5, 0.6) is 0 Å². The molecule has 0 atom stereocenters. The van der Waals surface area contributed by atoms with Gasteiger partial charge in [-0.2, -0.15) is 0 Å². The number of nitrogen functional groups attached to an aromatic ring is 1. The number of sulfone groups is 1. The topological polar surface area (TPSA) is 78.0 Å². The SMILES string of the molecule is CS(=O)(=O)c1ccccc1Cn1ccnc1Cc1cccc(N)c1. The molecule has 0 aliphatic heterocycles. The second-order valence-electron chi connectivity index (χ2n) is 5.77. The van der Waals surface area contributed by atoms with E-state index in [1.54, 1.807) is 18.3 Å². The summed E-state index contributed by atoms with van der Waals surface area (Å²) < 4.78 is 25.9. The van der Waals surface area contributed by atoms with Crippen molar-refractivity contribution in [1.29, 1.82) is 0 Å². The number of hydrogen-bond donors (Lipinski definition) is 1. The number of nitrogens with two attached hydrogens (primary N) is 1. The van der Waals surface area contributed by atoms with Gasteiger partial charge in [-0.3, -0.25) is 0 Å². The molecule has 124 valence electrons. The van der Waals surface area contributed by atoms with Crippen molar-refractivity contribution in [2.24, 2.45) is 0 Å². The summed E-state index contributed by atoms with van der Waals surface area (Å²) in [5.74, 6) is 0.865. The molecule has 0 unspecified atom stereocenters. The van der Waals surface area contributed by atoms with Crippen molar-refractivity contribution in [3.8, 4) is 0 Å². The van der Waals surface area contributed by atoms with Crippen LogP contribution in [0.25, 0.3) is 0 Å². The molecule has 6 heteroatoms. The van der Waals surface area contributed by atoms with Crippen LogP contribution in [-0.2, 0) is 22.8 Å². The van der Waals surface area contributed by atoms with Gasteiger partial charge in [0.2, 0.25) is 0 Å². The lowest BCUT2D eigenvalue weighted by Crippen LogP contribution is -2.09. The molecular formula is C18H19N3O2S. The van der Waals surface area contributed by atoms with Gasteiger partial charge >= 0.3 is 0 Å². The van der Waals surface area contributed by atoms with Crippen LogP contribution >= 0.6 is 0 Å². The van der Waals surface area contributed by atoms with Crippen LogP contribution in [0.3, 0.4) is 0 Å². The smallest absolute Gasteiger partial charge is 0.175 e. The normalized spacial score (nSPS) is 11.5. The van der Waals surface area contributed by atoms with Gasteiger partial charge < -0.3 is 10.3 Å². The first-order valence-electron chi connectivity index (χ1n) is 7.56. The van der Waals surface area contributed by atoms with Crippen molar-refractivity contribution in [1.82, 2.24) is 9.55 Å². The Balaban J connectivity index is 1.90. The van der Waals surface area contributed by atoms with Crippen LogP contribution in [0.15, 0.2) is 65.8 Å². The number of nitrogens with zero attached hydrogens (tertiary/aromatic N) is 2. The van der Waals surface area contributed by atoms with E-state index >= 15 is 0 Å². The fourth-order valence-corrected chi connectivity index (χ4v) is 3.65. The number of imidazole rings is 1. The van der Waals surface area contributed by atoms with Crippen LogP contribution in [-0.4, -0.2) is 24.2 Å².